The van der Waals surface area contributed by atoms with Gasteiger partial charge in [0.25, 0.3) is 0 Å². The summed E-state index contributed by atoms with van der Waals surface area (Å²) in [5, 5.41) is 3.96. The maximum atomic E-state index is 5.48. The van der Waals surface area contributed by atoms with E-state index in [4.69, 9.17) is 14.0 Å². The summed E-state index contributed by atoms with van der Waals surface area (Å²) in [6.45, 7) is 7.56. The Balaban J connectivity index is 1.54. The first-order chi connectivity index (χ1) is 12.2. The Morgan fingerprint density at radius 1 is 1.04 bits per heavy atom. The Morgan fingerprint density at radius 3 is 2.36 bits per heavy atom. The van der Waals surface area contributed by atoms with Gasteiger partial charge in [-0.05, 0) is 18.2 Å². The van der Waals surface area contributed by atoms with Gasteiger partial charge in [0.05, 0.1) is 20.8 Å². The van der Waals surface area contributed by atoms with E-state index in [9.17, 15) is 0 Å². The molecule has 0 aliphatic carbocycles. The molecule has 0 N–H and O–H groups in total. The van der Waals surface area contributed by atoms with Gasteiger partial charge in [0.15, 0.2) is 5.82 Å². The van der Waals surface area contributed by atoms with Crippen LogP contribution in [0.25, 0.3) is 0 Å². The van der Waals surface area contributed by atoms with Crippen molar-refractivity contribution in [3.05, 3.63) is 35.5 Å². The second-order valence-electron chi connectivity index (χ2n) is 6.19. The monoisotopic (exact) mass is 346 g/mol. The Labute approximate surface area is 148 Å². The van der Waals surface area contributed by atoms with Gasteiger partial charge in [-0.2, -0.15) is 4.98 Å². The molecule has 0 saturated carbocycles. The highest BCUT2D eigenvalue weighted by Gasteiger charge is 2.20. The van der Waals surface area contributed by atoms with Crippen LogP contribution in [0.5, 0.6) is 11.5 Å². The minimum absolute atomic E-state index is 0.708. The SMILES string of the molecule is CCc1noc(CN2CCN(Cc3cc(OC)ccc3OC)CC2)n1. The average Bonchev–Trinajstić information content (AvgIpc) is 3.11. The zero-order valence-electron chi connectivity index (χ0n) is 15.2. The van der Waals surface area contributed by atoms with Crippen LogP contribution in [0.15, 0.2) is 22.7 Å². The standard InChI is InChI=1S/C18H26N4O3/c1-4-17-19-18(25-20-17)13-22-9-7-21(8-10-22)12-14-11-15(23-2)5-6-16(14)24-3/h5-6,11H,4,7-10,12-13H2,1-3H3. The van der Waals surface area contributed by atoms with Crippen molar-refractivity contribution >= 4 is 0 Å². The Hall–Kier alpha value is -2.12. The van der Waals surface area contributed by atoms with Gasteiger partial charge in [-0.3, -0.25) is 9.80 Å². The molecule has 25 heavy (non-hydrogen) atoms. The Bertz CT molecular complexity index is 681. The Kier molecular flexibility index (Phi) is 5.88. The molecule has 0 unspecified atom stereocenters. The maximum absolute atomic E-state index is 5.48. The van der Waals surface area contributed by atoms with Crippen molar-refractivity contribution in [3.8, 4) is 11.5 Å². The fourth-order valence-corrected chi connectivity index (χ4v) is 3.04. The second kappa shape index (κ2) is 8.31. The number of methoxy groups -OCH3 is 2. The van der Waals surface area contributed by atoms with E-state index in [0.29, 0.717) is 5.89 Å². The lowest BCUT2D eigenvalue weighted by Gasteiger charge is -2.34. The van der Waals surface area contributed by atoms with E-state index in [-0.39, 0.29) is 0 Å². The molecule has 0 spiro atoms. The van der Waals surface area contributed by atoms with Crippen LogP contribution in [0, 0.1) is 0 Å². The van der Waals surface area contributed by atoms with E-state index >= 15 is 0 Å². The molecular formula is C18H26N4O3. The summed E-state index contributed by atoms with van der Waals surface area (Å²) < 4.78 is 16.1. The summed E-state index contributed by atoms with van der Waals surface area (Å²) in [5.41, 5.74) is 1.15. The third-order valence-corrected chi connectivity index (χ3v) is 4.53. The zero-order chi connectivity index (χ0) is 17.6. The summed E-state index contributed by atoms with van der Waals surface area (Å²) in [6, 6.07) is 5.94. The lowest BCUT2D eigenvalue weighted by atomic mass is 10.1. The molecule has 136 valence electrons. The van der Waals surface area contributed by atoms with E-state index in [1.165, 1.54) is 0 Å². The molecule has 2 heterocycles. The summed E-state index contributed by atoms with van der Waals surface area (Å²) in [6.07, 6.45) is 0.805. The molecule has 1 aliphatic heterocycles. The minimum atomic E-state index is 0.708. The molecule has 1 aromatic heterocycles. The second-order valence-corrected chi connectivity index (χ2v) is 6.19. The van der Waals surface area contributed by atoms with Crippen LogP contribution in [0.4, 0.5) is 0 Å². The van der Waals surface area contributed by atoms with Gasteiger partial charge in [-0.1, -0.05) is 12.1 Å². The number of ether oxygens (including phenoxy) is 2. The van der Waals surface area contributed by atoms with Gasteiger partial charge in [0.1, 0.15) is 11.5 Å². The average molecular weight is 346 g/mol. The highest BCUT2D eigenvalue weighted by atomic mass is 16.5. The molecule has 1 fully saturated rings. The molecule has 1 saturated heterocycles. The summed E-state index contributed by atoms with van der Waals surface area (Å²) >= 11 is 0. The molecule has 7 nitrogen and oxygen atoms in total. The first-order valence-corrected chi connectivity index (χ1v) is 8.69. The molecule has 0 radical (unpaired) electrons. The fraction of sp³-hybridized carbons (Fsp3) is 0.556. The molecule has 0 atom stereocenters. The van der Waals surface area contributed by atoms with E-state index < -0.39 is 0 Å². The van der Waals surface area contributed by atoms with Crippen LogP contribution in [0.3, 0.4) is 0 Å². The van der Waals surface area contributed by atoms with Crippen LogP contribution in [-0.4, -0.2) is 60.3 Å². The normalized spacial score (nSPS) is 16.1. The van der Waals surface area contributed by atoms with Gasteiger partial charge >= 0.3 is 0 Å². The first-order valence-electron chi connectivity index (χ1n) is 8.69. The van der Waals surface area contributed by atoms with Crippen LogP contribution < -0.4 is 9.47 Å². The van der Waals surface area contributed by atoms with Gasteiger partial charge in [-0.15, -0.1) is 0 Å². The number of piperazine rings is 1. The molecule has 0 bridgehead atoms. The van der Waals surface area contributed by atoms with E-state index in [0.717, 1.165) is 68.6 Å². The number of hydrogen-bond acceptors (Lipinski definition) is 7. The smallest absolute Gasteiger partial charge is 0.240 e. The van der Waals surface area contributed by atoms with Crippen LogP contribution in [0.1, 0.15) is 24.2 Å². The van der Waals surface area contributed by atoms with Crippen molar-refractivity contribution in [2.24, 2.45) is 0 Å². The molecule has 3 rings (SSSR count). The number of nitrogens with zero attached hydrogens (tertiary/aromatic N) is 4. The van der Waals surface area contributed by atoms with Crippen LogP contribution in [0.2, 0.25) is 0 Å². The molecule has 2 aromatic rings. The van der Waals surface area contributed by atoms with Gasteiger partial charge in [0.2, 0.25) is 5.89 Å². The number of rotatable bonds is 7. The molecule has 1 aliphatic rings. The van der Waals surface area contributed by atoms with Crippen molar-refractivity contribution < 1.29 is 14.0 Å². The third-order valence-electron chi connectivity index (χ3n) is 4.53. The quantitative estimate of drug-likeness (QED) is 0.759. The molecular weight excluding hydrogens is 320 g/mol. The number of hydrogen-bond donors (Lipinski definition) is 0. The first kappa shape index (κ1) is 17.7. The van der Waals surface area contributed by atoms with Gasteiger partial charge in [0, 0.05) is 44.7 Å². The van der Waals surface area contributed by atoms with E-state index in [2.05, 4.69) is 26.0 Å². The third kappa shape index (κ3) is 4.49. The summed E-state index contributed by atoms with van der Waals surface area (Å²) in [7, 11) is 3.39. The van der Waals surface area contributed by atoms with Crippen LogP contribution in [-0.2, 0) is 19.5 Å². The van der Waals surface area contributed by atoms with Crippen molar-refractivity contribution in [1.82, 2.24) is 19.9 Å². The van der Waals surface area contributed by atoms with Crippen molar-refractivity contribution in [3.63, 3.8) is 0 Å². The lowest BCUT2D eigenvalue weighted by Crippen LogP contribution is -2.45. The van der Waals surface area contributed by atoms with Crippen molar-refractivity contribution in [1.29, 1.82) is 0 Å². The fourth-order valence-electron chi connectivity index (χ4n) is 3.04. The highest BCUT2D eigenvalue weighted by Crippen LogP contribution is 2.25. The number of aryl methyl sites for hydroxylation is 1. The van der Waals surface area contributed by atoms with Crippen LogP contribution >= 0.6 is 0 Å². The van der Waals surface area contributed by atoms with Crippen molar-refractivity contribution in [2.75, 3.05) is 40.4 Å². The number of aromatic nitrogens is 2. The highest BCUT2D eigenvalue weighted by molar-refractivity contribution is 5.40. The number of benzene rings is 1. The molecule has 7 heteroatoms. The summed E-state index contributed by atoms with van der Waals surface area (Å²) in [5.74, 6) is 3.25. The van der Waals surface area contributed by atoms with Crippen molar-refractivity contribution in [2.45, 2.75) is 26.4 Å². The minimum Gasteiger partial charge on any atom is -0.497 e. The zero-order valence-corrected chi connectivity index (χ0v) is 15.2. The molecule has 1 aromatic carbocycles. The predicted molar refractivity (Wildman–Crippen MR) is 93.8 cm³/mol. The predicted octanol–water partition coefficient (Wildman–Crippen LogP) is 1.97. The maximum Gasteiger partial charge on any atom is 0.240 e. The van der Waals surface area contributed by atoms with Gasteiger partial charge in [-0.25, -0.2) is 0 Å². The van der Waals surface area contributed by atoms with E-state index in [1.54, 1.807) is 14.2 Å². The van der Waals surface area contributed by atoms with E-state index in [1.807, 2.05) is 19.1 Å². The lowest BCUT2D eigenvalue weighted by molar-refractivity contribution is 0.111. The molecule has 0 amide bonds. The topological polar surface area (TPSA) is 63.9 Å². The Morgan fingerprint density at radius 2 is 1.76 bits per heavy atom. The summed E-state index contributed by atoms with van der Waals surface area (Å²) in [4.78, 5) is 9.17. The van der Waals surface area contributed by atoms with Gasteiger partial charge < -0.3 is 14.0 Å². The largest absolute Gasteiger partial charge is 0.497 e.